The van der Waals surface area contributed by atoms with Crippen molar-refractivity contribution >= 4 is 35.3 Å². The average molecular weight is 545 g/mol. The van der Waals surface area contributed by atoms with Gasteiger partial charge in [-0.3, -0.25) is 0 Å². The van der Waals surface area contributed by atoms with Gasteiger partial charge in [-0.2, -0.15) is 10.2 Å². The van der Waals surface area contributed by atoms with E-state index in [1.165, 1.54) is 38.5 Å². The summed E-state index contributed by atoms with van der Waals surface area (Å²) >= 11 is 0. The van der Waals surface area contributed by atoms with Crippen LogP contribution in [0.2, 0.25) is 0 Å². The molecule has 6 unspecified atom stereocenters. The number of methoxy groups -OCH3 is 4. The Morgan fingerprint density at radius 2 is 1.05 bits per heavy atom. The topological polar surface area (TPSA) is 136 Å². The van der Waals surface area contributed by atoms with Crippen LogP contribution in [0.5, 0.6) is 0 Å². The first-order chi connectivity index (χ1) is 18.2. The number of hydrogen-bond donors (Lipinski definition) is 0. The molecule has 0 N–H and O–H groups in total. The Labute approximate surface area is 227 Å². The van der Waals surface area contributed by atoms with Gasteiger partial charge in [0.05, 0.1) is 28.4 Å². The van der Waals surface area contributed by atoms with Crippen LogP contribution in [0.4, 0.5) is 0 Å². The number of fused-ring (bicyclic) bond motifs is 7. The van der Waals surface area contributed by atoms with E-state index >= 15 is 0 Å². The van der Waals surface area contributed by atoms with E-state index in [1.54, 1.807) is 6.08 Å². The number of rotatable bonds is 5. The molecule has 39 heavy (non-hydrogen) atoms. The lowest BCUT2D eigenvalue weighted by Crippen LogP contribution is -2.74. The number of hydrazone groups is 2. The van der Waals surface area contributed by atoms with Crippen molar-refractivity contribution in [1.29, 1.82) is 0 Å². The van der Waals surface area contributed by atoms with Crippen LogP contribution < -0.4 is 0 Å². The summed E-state index contributed by atoms with van der Waals surface area (Å²) in [6.45, 7) is 11.4. The Hall–Kier alpha value is -3.44. The van der Waals surface area contributed by atoms with Gasteiger partial charge in [0.2, 0.25) is 0 Å². The van der Waals surface area contributed by atoms with Gasteiger partial charge >= 0.3 is 23.9 Å². The lowest BCUT2D eigenvalue weighted by molar-refractivity contribution is -0.179. The fourth-order valence-electron chi connectivity index (χ4n) is 8.16. The van der Waals surface area contributed by atoms with Crippen LogP contribution in [0.1, 0.15) is 41.5 Å². The molecule has 3 fully saturated rings. The van der Waals surface area contributed by atoms with Gasteiger partial charge in [0.1, 0.15) is 11.4 Å². The number of nitrogens with zero attached hydrogens (tertiary/aromatic N) is 4. The molecule has 212 valence electrons. The summed E-state index contributed by atoms with van der Waals surface area (Å²) in [6, 6.07) is 0. The molecule has 0 bridgehead atoms. The molecule has 3 aliphatic heterocycles. The van der Waals surface area contributed by atoms with E-state index in [0.717, 1.165) is 5.57 Å². The zero-order valence-electron chi connectivity index (χ0n) is 24.0. The van der Waals surface area contributed by atoms with Crippen LogP contribution in [0.15, 0.2) is 21.9 Å². The van der Waals surface area contributed by atoms with Gasteiger partial charge < -0.3 is 18.9 Å². The standard InChI is InChI=1S/C27H36N4O8/c1-12(2)11-13-30-26(22(34)38-9,18-14(24(18,3)4)16(28-30)20(32)36-7)27(23(35)39-10)19-15(25(19,5)6)17(21(33)37-8)29-31(13)27/h11,13-15,18-19H,1-10H3. The highest BCUT2D eigenvalue weighted by atomic mass is 16.5. The average Bonchev–Trinajstić information content (AvgIpc) is 3.66. The Balaban J connectivity index is 1.95. The molecule has 12 nitrogen and oxygen atoms in total. The highest BCUT2D eigenvalue weighted by molar-refractivity contribution is 6.39. The fraction of sp³-hybridized carbons (Fsp3) is 0.704. The monoisotopic (exact) mass is 544 g/mol. The van der Waals surface area contributed by atoms with Crippen LogP contribution in [0, 0.1) is 34.5 Å². The van der Waals surface area contributed by atoms with Crippen molar-refractivity contribution in [3.63, 3.8) is 0 Å². The summed E-state index contributed by atoms with van der Waals surface area (Å²) < 4.78 is 21.2. The van der Waals surface area contributed by atoms with Crippen molar-refractivity contribution in [2.45, 2.75) is 58.8 Å². The molecule has 12 heteroatoms. The van der Waals surface area contributed by atoms with Gasteiger partial charge in [-0.1, -0.05) is 33.3 Å². The van der Waals surface area contributed by atoms with Crippen LogP contribution in [-0.2, 0) is 38.1 Å². The smallest absolute Gasteiger partial charge is 0.354 e. The molecule has 3 heterocycles. The first kappa shape index (κ1) is 27.1. The van der Waals surface area contributed by atoms with E-state index < -0.39 is 75.6 Å². The van der Waals surface area contributed by atoms with Crippen molar-refractivity contribution < 1.29 is 38.1 Å². The number of carbonyl (C=O) groups is 4. The van der Waals surface area contributed by atoms with Gasteiger partial charge in [0.25, 0.3) is 0 Å². The normalized spacial score (nSPS) is 37.4. The lowest BCUT2D eigenvalue weighted by atomic mass is 9.66. The third kappa shape index (κ3) is 2.84. The molecule has 0 aromatic heterocycles. The molecular weight excluding hydrogens is 508 g/mol. The van der Waals surface area contributed by atoms with Crippen LogP contribution in [0.25, 0.3) is 0 Å². The first-order valence-corrected chi connectivity index (χ1v) is 12.9. The molecular formula is C27H36N4O8. The Morgan fingerprint density at radius 3 is 1.33 bits per heavy atom. The number of esters is 4. The van der Waals surface area contributed by atoms with E-state index in [1.807, 2.05) is 41.5 Å². The Morgan fingerprint density at radius 1 is 0.692 bits per heavy atom. The van der Waals surface area contributed by atoms with E-state index in [-0.39, 0.29) is 11.4 Å². The van der Waals surface area contributed by atoms with Crippen molar-refractivity contribution in [1.82, 2.24) is 10.0 Å². The van der Waals surface area contributed by atoms with Gasteiger partial charge in [-0.25, -0.2) is 29.2 Å². The summed E-state index contributed by atoms with van der Waals surface area (Å²) in [5.41, 5.74) is -3.63. The molecule has 5 aliphatic rings. The third-order valence-electron chi connectivity index (χ3n) is 9.64. The van der Waals surface area contributed by atoms with Gasteiger partial charge in [0, 0.05) is 23.7 Å². The molecule has 1 saturated heterocycles. The summed E-state index contributed by atoms with van der Waals surface area (Å²) in [7, 11) is 5.09. The molecule has 0 radical (unpaired) electrons. The van der Waals surface area contributed by atoms with Gasteiger partial charge in [-0.05, 0) is 30.8 Å². The predicted molar refractivity (Wildman–Crippen MR) is 137 cm³/mol. The first-order valence-electron chi connectivity index (χ1n) is 12.9. The van der Waals surface area contributed by atoms with Crippen molar-refractivity contribution in [2.75, 3.05) is 28.4 Å². The van der Waals surface area contributed by atoms with E-state index in [4.69, 9.17) is 29.2 Å². The molecule has 5 rings (SSSR count). The van der Waals surface area contributed by atoms with Crippen LogP contribution >= 0.6 is 0 Å². The van der Waals surface area contributed by atoms with Crippen molar-refractivity contribution in [2.24, 2.45) is 44.7 Å². The Kier molecular flexibility index (Phi) is 5.60. The zero-order valence-corrected chi connectivity index (χ0v) is 24.0. The molecule has 0 aromatic rings. The minimum atomic E-state index is -1.74. The van der Waals surface area contributed by atoms with Crippen LogP contribution in [0.3, 0.4) is 0 Å². The molecule has 2 saturated carbocycles. The number of allylic oxidation sites excluding steroid dienone is 1. The molecule has 0 amide bonds. The summed E-state index contributed by atoms with van der Waals surface area (Å²) in [6.07, 6.45) is 0.854. The van der Waals surface area contributed by atoms with Crippen molar-refractivity contribution in [3.05, 3.63) is 11.6 Å². The third-order valence-corrected chi connectivity index (χ3v) is 9.64. The van der Waals surface area contributed by atoms with E-state index in [9.17, 15) is 19.2 Å². The highest BCUT2D eigenvalue weighted by Gasteiger charge is 2.94. The number of carbonyl (C=O) groups excluding carboxylic acids is 4. The molecule has 0 aromatic carbocycles. The largest absolute Gasteiger partial charge is 0.467 e. The second-order valence-corrected chi connectivity index (χ2v) is 12.4. The number of ether oxygens (including phenoxy) is 4. The summed E-state index contributed by atoms with van der Waals surface area (Å²) in [4.78, 5) is 54.7. The Bertz CT molecular complexity index is 1190. The summed E-state index contributed by atoms with van der Waals surface area (Å²) in [5, 5.41) is 12.5. The second kappa shape index (κ2) is 8.04. The second-order valence-electron chi connectivity index (χ2n) is 12.4. The maximum absolute atomic E-state index is 14.4. The van der Waals surface area contributed by atoms with E-state index in [2.05, 4.69) is 0 Å². The highest BCUT2D eigenvalue weighted by Crippen LogP contribution is 2.79. The molecule has 2 aliphatic carbocycles. The zero-order chi connectivity index (χ0) is 29.0. The molecule has 0 spiro atoms. The minimum absolute atomic E-state index is 0.155. The maximum Gasteiger partial charge on any atom is 0.354 e. The van der Waals surface area contributed by atoms with Gasteiger partial charge in [0.15, 0.2) is 17.2 Å². The maximum atomic E-state index is 14.4. The SMILES string of the molecule is COC(=O)C1=NN2C(C=C(C)C)N3N=C(C(=O)OC)C4C(C4(C)C)C3(C(=O)OC)C2(C(=O)OC)C2C1C2(C)C. The van der Waals surface area contributed by atoms with Gasteiger partial charge in [-0.15, -0.1) is 0 Å². The minimum Gasteiger partial charge on any atom is -0.467 e. The number of hydrogen-bond acceptors (Lipinski definition) is 12. The van der Waals surface area contributed by atoms with Crippen molar-refractivity contribution in [3.8, 4) is 0 Å². The lowest BCUT2D eigenvalue weighted by Gasteiger charge is -2.48. The fourth-order valence-corrected chi connectivity index (χ4v) is 8.16. The summed E-state index contributed by atoms with van der Waals surface area (Å²) in [5.74, 6) is -4.79. The van der Waals surface area contributed by atoms with E-state index in [0.29, 0.717) is 0 Å². The predicted octanol–water partition coefficient (Wildman–Crippen LogP) is 1.35. The quantitative estimate of drug-likeness (QED) is 0.283. The molecule has 6 atom stereocenters. The van der Waals surface area contributed by atoms with Crippen LogP contribution in [-0.4, -0.2) is 91.0 Å².